The van der Waals surface area contributed by atoms with Gasteiger partial charge < -0.3 is 15.8 Å². The first-order valence-corrected chi connectivity index (χ1v) is 6.83. The van der Waals surface area contributed by atoms with Gasteiger partial charge in [0.15, 0.2) is 5.84 Å². The Morgan fingerprint density at radius 1 is 1.44 bits per heavy atom. The van der Waals surface area contributed by atoms with Crippen LogP contribution in [0.2, 0.25) is 0 Å². The summed E-state index contributed by atoms with van der Waals surface area (Å²) in [5.74, 6) is 0.935. The van der Waals surface area contributed by atoms with Crippen molar-refractivity contribution in [3.8, 4) is 0 Å². The first-order chi connectivity index (χ1) is 8.60. The largest absolute Gasteiger partial charge is 0.409 e. The van der Waals surface area contributed by atoms with Crippen molar-refractivity contribution < 1.29 is 10.0 Å². The van der Waals surface area contributed by atoms with E-state index in [1.807, 2.05) is 6.26 Å². The maximum absolute atomic E-state index is 11.8. The average molecular weight is 267 g/mol. The molecular weight excluding hydrogens is 250 g/mol. The third kappa shape index (κ3) is 3.66. The van der Waals surface area contributed by atoms with Crippen LogP contribution in [0.5, 0.6) is 0 Å². The van der Waals surface area contributed by atoms with Crippen molar-refractivity contribution in [2.24, 2.45) is 10.9 Å². The second kappa shape index (κ2) is 6.90. The number of thioether (sulfide) groups is 1. The van der Waals surface area contributed by atoms with Gasteiger partial charge >= 0.3 is 0 Å². The lowest BCUT2D eigenvalue weighted by molar-refractivity contribution is -0.117. The second-order valence-corrected chi connectivity index (χ2v) is 4.71. The van der Waals surface area contributed by atoms with Crippen LogP contribution in [0.4, 0.5) is 5.69 Å². The molecule has 0 saturated carbocycles. The van der Waals surface area contributed by atoms with Crippen LogP contribution in [-0.2, 0) is 4.79 Å². The molecule has 0 bridgehead atoms. The number of nitrogens with two attached hydrogens (primary N) is 1. The maximum Gasteiger partial charge on any atom is 0.227 e. The van der Waals surface area contributed by atoms with Crippen molar-refractivity contribution in [2.75, 3.05) is 24.0 Å². The number of amides is 1. The zero-order chi connectivity index (χ0) is 13.5. The van der Waals surface area contributed by atoms with Crippen LogP contribution in [-0.4, -0.2) is 36.0 Å². The molecule has 0 atom stereocenters. The zero-order valence-electron chi connectivity index (χ0n) is 10.5. The number of hydrogen-bond acceptors (Lipinski definition) is 4. The van der Waals surface area contributed by atoms with Crippen molar-refractivity contribution in [1.29, 1.82) is 0 Å². The molecule has 3 N–H and O–H groups in total. The highest BCUT2D eigenvalue weighted by molar-refractivity contribution is 7.98. The van der Waals surface area contributed by atoms with E-state index in [1.54, 1.807) is 48.0 Å². The van der Waals surface area contributed by atoms with Crippen LogP contribution in [0.1, 0.15) is 12.0 Å². The minimum Gasteiger partial charge on any atom is -0.409 e. The van der Waals surface area contributed by atoms with E-state index in [9.17, 15) is 4.79 Å². The first-order valence-electron chi connectivity index (χ1n) is 5.43. The molecule has 0 unspecified atom stereocenters. The van der Waals surface area contributed by atoms with Crippen LogP contribution in [0.3, 0.4) is 0 Å². The van der Waals surface area contributed by atoms with Gasteiger partial charge in [0.25, 0.3) is 0 Å². The number of hydrogen-bond donors (Lipinski definition) is 2. The lowest BCUT2D eigenvalue weighted by atomic mass is 10.2. The molecule has 18 heavy (non-hydrogen) atoms. The quantitative estimate of drug-likeness (QED) is 0.367. The molecule has 98 valence electrons. The number of oxime groups is 1. The van der Waals surface area contributed by atoms with Crippen molar-refractivity contribution in [3.63, 3.8) is 0 Å². The van der Waals surface area contributed by atoms with Crippen LogP contribution < -0.4 is 10.6 Å². The van der Waals surface area contributed by atoms with Gasteiger partial charge in [0.05, 0.1) is 0 Å². The Morgan fingerprint density at radius 2 is 2.06 bits per heavy atom. The highest BCUT2D eigenvalue weighted by atomic mass is 32.2. The fourth-order valence-corrected chi connectivity index (χ4v) is 1.79. The standard InChI is InChI=1S/C12H17N3O2S/c1-15(11(16)7-8-18-2)10-5-3-9(4-6-10)12(13)14-17/h3-6,17H,7-8H2,1-2H3,(H2,13,14). The van der Waals surface area contributed by atoms with E-state index >= 15 is 0 Å². The number of amidine groups is 1. The van der Waals surface area contributed by atoms with Crippen molar-refractivity contribution >= 4 is 29.2 Å². The predicted molar refractivity (Wildman–Crippen MR) is 75.4 cm³/mol. The summed E-state index contributed by atoms with van der Waals surface area (Å²) < 4.78 is 0. The fraction of sp³-hybridized carbons (Fsp3) is 0.333. The van der Waals surface area contributed by atoms with E-state index in [0.717, 1.165) is 11.4 Å². The van der Waals surface area contributed by atoms with Gasteiger partial charge in [-0.1, -0.05) is 5.16 Å². The van der Waals surface area contributed by atoms with Crippen LogP contribution in [0.25, 0.3) is 0 Å². The van der Waals surface area contributed by atoms with Gasteiger partial charge in [0, 0.05) is 30.5 Å². The Kier molecular flexibility index (Phi) is 5.51. The average Bonchev–Trinajstić information content (AvgIpc) is 2.43. The van der Waals surface area contributed by atoms with Crippen molar-refractivity contribution in [2.45, 2.75) is 6.42 Å². The summed E-state index contributed by atoms with van der Waals surface area (Å²) in [5.41, 5.74) is 6.87. The molecule has 0 fully saturated rings. The molecule has 0 heterocycles. The van der Waals surface area contributed by atoms with E-state index < -0.39 is 0 Å². The van der Waals surface area contributed by atoms with Gasteiger partial charge in [0.2, 0.25) is 5.91 Å². The van der Waals surface area contributed by atoms with Crippen LogP contribution >= 0.6 is 11.8 Å². The number of carbonyl (C=O) groups is 1. The van der Waals surface area contributed by atoms with Crippen molar-refractivity contribution in [1.82, 2.24) is 0 Å². The molecule has 0 aliphatic carbocycles. The summed E-state index contributed by atoms with van der Waals surface area (Å²) in [6.07, 6.45) is 2.48. The summed E-state index contributed by atoms with van der Waals surface area (Å²) >= 11 is 1.64. The molecule has 0 saturated heterocycles. The smallest absolute Gasteiger partial charge is 0.227 e. The molecule has 1 rings (SSSR count). The summed E-state index contributed by atoms with van der Waals surface area (Å²) in [6, 6.07) is 6.96. The van der Waals surface area contributed by atoms with Gasteiger partial charge in [-0.2, -0.15) is 11.8 Å². The topological polar surface area (TPSA) is 78.9 Å². The Labute approximate surface area is 111 Å². The lowest BCUT2D eigenvalue weighted by Gasteiger charge is -2.17. The van der Waals surface area contributed by atoms with Gasteiger partial charge in [-0.25, -0.2) is 0 Å². The second-order valence-electron chi connectivity index (χ2n) is 3.73. The number of carbonyl (C=O) groups excluding carboxylic acids is 1. The minimum atomic E-state index is 0.0536. The SMILES string of the molecule is CSCCC(=O)N(C)c1ccc(C(N)=NO)cc1. The normalized spacial score (nSPS) is 11.3. The van der Waals surface area contributed by atoms with E-state index in [2.05, 4.69) is 5.16 Å². The summed E-state index contributed by atoms with van der Waals surface area (Å²) in [6.45, 7) is 0. The number of rotatable bonds is 5. The molecule has 1 aromatic rings. The highest BCUT2D eigenvalue weighted by Gasteiger charge is 2.10. The molecule has 0 aromatic heterocycles. The molecule has 0 aliphatic rings. The zero-order valence-corrected chi connectivity index (χ0v) is 11.3. The molecule has 6 heteroatoms. The van der Waals surface area contributed by atoms with Crippen LogP contribution in [0, 0.1) is 0 Å². The third-order valence-corrected chi connectivity index (χ3v) is 3.16. The predicted octanol–water partition coefficient (Wildman–Crippen LogP) is 1.50. The Hall–Kier alpha value is -1.69. The fourth-order valence-electron chi connectivity index (χ4n) is 1.41. The third-order valence-electron chi connectivity index (χ3n) is 2.55. The molecule has 0 radical (unpaired) electrons. The Morgan fingerprint density at radius 3 is 2.56 bits per heavy atom. The molecular formula is C12H17N3O2S. The van der Waals surface area contributed by atoms with E-state index in [0.29, 0.717) is 12.0 Å². The van der Waals surface area contributed by atoms with Gasteiger partial charge in [-0.15, -0.1) is 0 Å². The van der Waals surface area contributed by atoms with E-state index in [1.165, 1.54) is 0 Å². The van der Waals surface area contributed by atoms with Gasteiger partial charge in [-0.05, 0) is 30.5 Å². The van der Waals surface area contributed by atoms with Crippen molar-refractivity contribution in [3.05, 3.63) is 29.8 Å². The molecule has 1 aromatic carbocycles. The maximum atomic E-state index is 11.8. The van der Waals surface area contributed by atoms with Gasteiger partial charge in [-0.3, -0.25) is 4.79 Å². The number of benzene rings is 1. The Bertz CT molecular complexity index is 431. The number of nitrogens with zero attached hydrogens (tertiary/aromatic N) is 2. The van der Waals surface area contributed by atoms with E-state index in [-0.39, 0.29) is 11.7 Å². The molecule has 5 nitrogen and oxygen atoms in total. The summed E-state index contributed by atoms with van der Waals surface area (Å²) in [4.78, 5) is 13.4. The van der Waals surface area contributed by atoms with Gasteiger partial charge in [0.1, 0.15) is 0 Å². The molecule has 0 aliphatic heterocycles. The van der Waals surface area contributed by atoms with Crippen LogP contribution in [0.15, 0.2) is 29.4 Å². The monoisotopic (exact) mass is 267 g/mol. The highest BCUT2D eigenvalue weighted by Crippen LogP contribution is 2.15. The summed E-state index contributed by atoms with van der Waals surface area (Å²) in [5, 5.41) is 11.5. The summed E-state index contributed by atoms with van der Waals surface area (Å²) in [7, 11) is 1.74. The molecule has 0 spiro atoms. The minimum absolute atomic E-state index is 0.0536. The Balaban J connectivity index is 2.75. The first kappa shape index (κ1) is 14.4. The molecule has 1 amide bonds. The van der Waals surface area contributed by atoms with E-state index in [4.69, 9.17) is 10.9 Å². The number of anilines is 1. The lowest BCUT2D eigenvalue weighted by Crippen LogP contribution is -2.26.